The minimum Gasteiger partial charge on any atom is -0.377 e. The topological polar surface area (TPSA) is 52.0 Å². The number of benzene rings is 1. The van der Waals surface area contributed by atoms with Crippen LogP contribution in [-0.2, 0) is 4.74 Å². The standard InChI is InChI=1S/C16H24N4O/c1-4-11-17-16(13(3)21-5-2)15-12-18-19-20(15)14-9-7-6-8-10-14/h6-10,12-13,16-17H,4-5,11H2,1-3H3. The Labute approximate surface area is 126 Å². The smallest absolute Gasteiger partial charge is 0.0841 e. The zero-order valence-electron chi connectivity index (χ0n) is 13.0. The molecule has 2 unspecified atom stereocenters. The van der Waals surface area contributed by atoms with Gasteiger partial charge in [-0.25, -0.2) is 4.68 Å². The van der Waals surface area contributed by atoms with E-state index < -0.39 is 0 Å². The van der Waals surface area contributed by atoms with Gasteiger partial charge in [-0.05, 0) is 38.9 Å². The summed E-state index contributed by atoms with van der Waals surface area (Å²) >= 11 is 0. The lowest BCUT2D eigenvalue weighted by Gasteiger charge is -2.25. The average Bonchev–Trinajstić information content (AvgIpc) is 2.98. The van der Waals surface area contributed by atoms with Gasteiger partial charge in [0.2, 0.25) is 0 Å². The fourth-order valence-corrected chi connectivity index (χ4v) is 2.39. The predicted octanol–water partition coefficient (Wildman–Crippen LogP) is 2.73. The zero-order chi connectivity index (χ0) is 15.1. The third kappa shape index (κ3) is 3.89. The fourth-order valence-electron chi connectivity index (χ4n) is 2.39. The van der Waals surface area contributed by atoms with E-state index in [0.717, 1.165) is 24.3 Å². The van der Waals surface area contributed by atoms with Gasteiger partial charge in [-0.1, -0.05) is 30.3 Å². The molecule has 5 nitrogen and oxygen atoms in total. The maximum absolute atomic E-state index is 5.78. The number of aromatic nitrogens is 3. The molecule has 0 radical (unpaired) electrons. The summed E-state index contributed by atoms with van der Waals surface area (Å²) in [5.41, 5.74) is 2.03. The molecule has 1 N–H and O–H groups in total. The molecule has 1 aromatic heterocycles. The number of nitrogens with one attached hydrogen (secondary N) is 1. The van der Waals surface area contributed by atoms with E-state index in [0.29, 0.717) is 6.61 Å². The molecule has 0 aliphatic heterocycles. The van der Waals surface area contributed by atoms with E-state index in [1.165, 1.54) is 0 Å². The summed E-state index contributed by atoms with van der Waals surface area (Å²) in [5.74, 6) is 0. The second kappa shape index (κ2) is 7.90. The Balaban J connectivity index is 2.30. The lowest BCUT2D eigenvalue weighted by atomic mass is 10.1. The van der Waals surface area contributed by atoms with Crippen LogP contribution < -0.4 is 5.32 Å². The molecule has 0 fully saturated rings. The molecular formula is C16H24N4O. The summed E-state index contributed by atoms with van der Waals surface area (Å²) in [5, 5.41) is 11.9. The highest BCUT2D eigenvalue weighted by molar-refractivity contribution is 5.32. The maximum Gasteiger partial charge on any atom is 0.0841 e. The van der Waals surface area contributed by atoms with Crippen LogP contribution in [0.15, 0.2) is 36.5 Å². The number of nitrogens with zero attached hydrogens (tertiary/aromatic N) is 3. The van der Waals surface area contributed by atoms with E-state index in [1.54, 1.807) is 0 Å². The summed E-state index contributed by atoms with van der Waals surface area (Å²) in [6.07, 6.45) is 2.94. The Kier molecular flexibility index (Phi) is 5.90. The first-order valence-corrected chi connectivity index (χ1v) is 7.58. The Morgan fingerprint density at radius 1 is 1.24 bits per heavy atom. The molecule has 0 saturated carbocycles. The number of para-hydroxylation sites is 1. The predicted molar refractivity (Wildman–Crippen MR) is 83.5 cm³/mol. The molecule has 0 spiro atoms. The molecule has 5 heteroatoms. The molecular weight excluding hydrogens is 264 g/mol. The van der Waals surface area contributed by atoms with E-state index in [2.05, 4.69) is 29.5 Å². The van der Waals surface area contributed by atoms with Crippen molar-refractivity contribution in [2.45, 2.75) is 39.3 Å². The molecule has 0 amide bonds. The van der Waals surface area contributed by atoms with Gasteiger partial charge in [0.25, 0.3) is 0 Å². The van der Waals surface area contributed by atoms with E-state index in [4.69, 9.17) is 4.74 Å². The van der Waals surface area contributed by atoms with Gasteiger partial charge < -0.3 is 10.1 Å². The SMILES string of the molecule is CCCNC(c1cnnn1-c1ccccc1)C(C)OCC. The summed E-state index contributed by atoms with van der Waals surface area (Å²) < 4.78 is 7.66. The zero-order valence-corrected chi connectivity index (χ0v) is 13.0. The molecule has 21 heavy (non-hydrogen) atoms. The van der Waals surface area contributed by atoms with Crippen LogP contribution in [0.5, 0.6) is 0 Å². The summed E-state index contributed by atoms with van der Waals surface area (Å²) in [6, 6.07) is 10.1. The highest BCUT2D eigenvalue weighted by atomic mass is 16.5. The minimum atomic E-state index is 0.0579. The summed E-state index contributed by atoms with van der Waals surface area (Å²) in [6.45, 7) is 7.88. The first-order valence-electron chi connectivity index (χ1n) is 7.58. The third-order valence-corrected chi connectivity index (χ3v) is 3.41. The normalized spacial score (nSPS) is 14.0. The Bertz CT molecular complexity index is 526. The monoisotopic (exact) mass is 288 g/mol. The van der Waals surface area contributed by atoms with Crippen LogP contribution in [0.1, 0.15) is 38.9 Å². The van der Waals surface area contributed by atoms with Gasteiger partial charge in [-0.2, -0.15) is 0 Å². The second-order valence-electron chi connectivity index (χ2n) is 5.00. The molecule has 2 rings (SSSR count). The molecule has 0 bridgehead atoms. The van der Waals surface area contributed by atoms with Crippen LogP contribution in [0, 0.1) is 0 Å². The third-order valence-electron chi connectivity index (χ3n) is 3.41. The molecule has 1 heterocycles. The van der Waals surface area contributed by atoms with Crippen LogP contribution in [0.3, 0.4) is 0 Å². The van der Waals surface area contributed by atoms with Gasteiger partial charge in [0, 0.05) is 6.61 Å². The van der Waals surface area contributed by atoms with Crippen molar-refractivity contribution in [2.75, 3.05) is 13.2 Å². The highest BCUT2D eigenvalue weighted by Gasteiger charge is 2.23. The van der Waals surface area contributed by atoms with Crippen molar-refractivity contribution in [3.8, 4) is 5.69 Å². The number of ether oxygens (including phenoxy) is 1. The van der Waals surface area contributed by atoms with E-state index in [1.807, 2.05) is 48.1 Å². The quantitative estimate of drug-likeness (QED) is 0.811. The number of hydrogen-bond acceptors (Lipinski definition) is 4. The molecule has 0 aliphatic carbocycles. The Morgan fingerprint density at radius 3 is 2.67 bits per heavy atom. The van der Waals surface area contributed by atoms with E-state index in [9.17, 15) is 0 Å². The van der Waals surface area contributed by atoms with Crippen molar-refractivity contribution in [1.82, 2.24) is 20.3 Å². The summed E-state index contributed by atoms with van der Waals surface area (Å²) in [4.78, 5) is 0. The van der Waals surface area contributed by atoms with E-state index in [-0.39, 0.29) is 12.1 Å². The van der Waals surface area contributed by atoms with Crippen LogP contribution >= 0.6 is 0 Å². The minimum absolute atomic E-state index is 0.0579. The highest BCUT2D eigenvalue weighted by Crippen LogP contribution is 2.21. The Morgan fingerprint density at radius 2 is 2.00 bits per heavy atom. The number of rotatable bonds is 8. The van der Waals surface area contributed by atoms with Gasteiger partial charge in [0.1, 0.15) is 0 Å². The van der Waals surface area contributed by atoms with Crippen LogP contribution in [0.4, 0.5) is 0 Å². The molecule has 114 valence electrons. The summed E-state index contributed by atoms with van der Waals surface area (Å²) in [7, 11) is 0. The van der Waals surface area contributed by atoms with E-state index >= 15 is 0 Å². The van der Waals surface area contributed by atoms with Crippen LogP contribution in [0.2, 0.25) is 0 Å². The molecule has 2 atom stereocenters. The largest absolute Gasteiger partial charge is 0.377 e. The van der Waals surface area contributed by atoms with Crippen molar-refractivity contribution in [2.24, 2.45) is 0 Å². The van der Waals surface area contributed by atoms with Crippen molar-refractivity contribution < 1.29 is 4.74 Å². The maximum atomic E-state index is 5.78. The lowest BCUT2D eigenvalue weighted by molar-refractivity contribution is 0.0455. The van der Waals surface area contributed by atoms with Crippen molar-refractivity contribution >= 4 is 0 Å². The van der Waals surface area contributed by atoms with Crippen molar-refractivity contribution in [3.63, 3.8) is 0 Å². The molecule has 0 aliphatic rings. The molecule has 2 aromatic rings. The van der Waals surface area contributed by atoms with Crippen molar-refractivity contribution in [3.05, 3.63) is 42.2 Å². The second-order valence-corrected chi connectivity index (χ2v) is 5.00. The Hall–Kier alpha value is -1.72. The van der Waals surface area contributed by atoms with Gasteiger partial charge in [-0.15, -0.1) is 5.10 Å². The molecule has 1 aromatic carbocycles. The first kappa shape index (κ1) is 15.7. The van der Waals surface area contributed by atoms with Crippen LogP contribution in [-0.4, -0.2) is 34.2 Å². The van der Waals surface area contributed by atoms with Gasteiger partial charge in [0.15, 0.2) is 0 Å². The van der Waals surface area contributed by atoms with Gasteiger partial charge in [-0.3, -0.25) is 0 Å². The van der Waals surface area contributed by atoms with Crippen LogP contribution in [0.25, 0.3) is 5.69 Å². The van der Waals surface area contributed by atoms with Gasteiger partial charge in [0.05, 0.1) is 29.7 Å². The average molecular weight is 288 g/mol. The number of hydrogen-bond donors (Lipinski definition) is 1. The van der Waals surface area contributed by atoms with Crippen molar-refractivity contribution in [1.29, 1.82) is 0 Å². The fraction of sp³-hybridized carbons (Fsp3) is 0.500. The van der Waals surface area contributed by atoms with Gasteiger partial charge >= 0.3 is 0 Å². The molecule has 0 saturated heterocycles. The first-order chi connectivity index (χ1) is 10.3. The lowest BCUT2D eigenvalue weighted by Crippen LogP contribution is -2.34.